The molecule has 4 rings (SSSR count). The molecular formula is C23H16FN3O3S. The molecule has 31 heavy (non-hydrogen) atoms. The van der Waals surface area contributed by atoms with E-state index in [1.54, 1.807) is 36.4 Å². The average molecular weight is 433 g/mol. The van der Waals surface area contributed by atoms with E-state index in [4.69, 9.17) is 4.42 Å². The van der Waals surface area contributed by atoms with Crippen molar-refractivity contribution in [1.29, 1.82) is 5.26 Å². The zero-order valence-corrected chi connectivity index (χ0v) is 17.0. The Morgan fingerprint density at radius 1 is 1.00 bits per heavy atom. The number of sulfonamides is 1. The highest BCUT2D eigenvalue weighted by atomic mass is 32.2. The molecule has 154 valence electrons. The molecule has 0 N–H and O–H groups in total. The second-order valence-corrected chi connectivity index (χ2v) is 8.50. The van der Waals surface area contributed by atoms with Crippen LogP contribution in [0.4, 0.5) is 10.1 Å². The van der Waals surface area contributed by atoms with Gasteiger partial charge in [-0.25, -0.2) is 17.8 Å². The van der Waals surface area contributed by atoms with Crippen LogP contribution in [0.15, 0.2) is 94.4 Å². The molecular weight excluding hydrogens is 417 g/mol. The van der Waals surface area contributed by atoms with Gasteiger partial charge in [0.15, 0.2) is 0 Å². The normalized spacial score (nSPS) is 11.1. The minimum Gasteiger partial charge on any atom is -0.444 e. The van der Waals surface area contributed by atoms with Gasteiger partial charge in [-0.3, -0.25) is 4.31 Å². The Hall–Kier alpha value is -3.96. The molecule has 0 unspecified atom stereocenters. The van der Waals surface area contributed by atoms with Crippen LogP contribution in [0, 0.1) is 17.1 Å². The number of benzene rings is 3. The maximum Gasteiger partial charge on any atom is 0.264 e. The summed E-state index contributed by atoms with van der Waals surface area (Å²) in [4.78, 5) is 4.48. The molecule has 0 saturated carbocycles. The Kier molecular flexibility index (Phi) is 5.52. The monoisotopic (exact) mass is 433 g/mol. The summed E-state index contributed by atoms with van der Waals surface area (Å²) in [6, 6.07) is 22.0. The Morgan fingerprint density at radius 3 is 2.45 bits per heavy atom. The summed E-state index contributed by atoms with van der Waals surface area (Å²) < 4.78 is 46.6. The Bertz CT molecular complexity index is 1340. The van der Waals surface area contributed by atoms with E-state index in [1.165, 1.54) is 53.0 Å². The highest BCUT2D eigenvalue weighted by Gasteiger charge is 2.26. The van der Waals surface area contributed by atoms with E-state index in [0.717, 1.165) is 0 Å². The summed E-state index contributed by atoms with van der Waals surface area (Å²) in [5.74, 6) is -0.133. The van der Waals surface area contributed by atoms with Gasteiger partial charge in [0, 0.05) is 5.56 Å². The second-order valence-electron chi connectivity index (χ2n) is 6.64. The van der Waals surface area contributed by atoms with E-state index in [1.807, 2.05) is 6.07 Å². The van der Waals surface area contributed by atoms with E-state index in [-0.39, 0.29) is 23.1 Å². The van der Waals surface area contributed by atoms with Crippen molar-refractivity contribution < 1.29 is 17.2 Å². The van der Waals surface area contributed by atoms with E-state index in [2.05, 4.69) is 4.98 Å². The fourth-order valence-electron chi connectivity index (χ4n) is 3.02. The maximum absolute atomic E-state index is 13.4. The van der Waals surface area contributed by atoms with Gasteiger partial charge in [0.2, 0.25) is 5.89 Å². The zero-order chi connectivity index (χ0) is 21.8. The van der Waals surface area contributed by atoms with Gasteiger partial charge in [0.05, 0.1) is 28.8 Å². The largest absolute Gasteiger partial charge is 0.444 e. The lowest BCUT2D eigenvalue weighted by Crippen LogP contribution is -2.30. The first kappa shape index (κ1) is 20.3. The fourth-order valence-corrected chi connectivity index (χ4v) is 4.47. The summed E-state index contributed by atoms with van der Waals surface area (Å²) in [6.45, 7) is -0.114. The van der Waals surface area contributed by atoms with Gasteiger partial charge in [0.25, 0.3) is 10.0 Å². The van der Waals surface area contributed by atoms with Crippen LogP contribution in [0.1, 0.15) is 11.3 Å². The maximum atomic E-state index is 13.4. The predicted octanol–water partition coefficient (Wildman–Crippen LogP) is 4.75. The van der Waals surface area contributed by atoms with Crippen LogP contribution < -0.4 is 4.31 Å². The number of oxazole rings is 1. The first-order valence-corrected chi connectivity index (χ1v) is 10.7. The van der Waals surface area contributed by atoms with Crippen LogP contribution >= 0.6 is 0 Å². The number of nitrogens with zero attached hydrogens (tertiary/aromatic N) is 3. The standard InChI is InChI=1S/C23H16FN3O3S/c24-19-11-9-18(10-12-19)23-26-20(16-30-23)15-27(21-6-4-5-17(13-21)14-25)31(28,29)22-7-2-1-3-8-22/h1-13,16H,15H2. The molecule has 0 aliphatic heterocycles. The topological polar surface area (TPSA) is 87.2 Å². The van der Waals surface area contributed by atoms with Crippen molar-refractivity contribution in [2.45, 2.75) is 11.4 Å². The highest BCUT2D eigenvalue weighted by Crippen LogP contribution is 2.27. The second kappa shape index (κ2) is 8.42. The number of nitriles is 1. The van der Waals surface area contributed by atoms with E-state index < -0.39 is 10.0 Å². The van der Waals surface area contributed by atoms with Crippen LogP contribution in [-0.4, -0.2) is 13.4 Å². The van der Waals surface area contributed by atoms with E-state index >= 15 is 0 Å². The van der Waals surface area contributed by atoms with Gasteiger partial charge in [-0.15, -0.1) is 0 Å². The molecule has 8 heteroatoms. The van der Waals surface area contributed by atoms with Crippen molar-refractivity contribution in [3.63, 3.8) is 0 Å². The molecule has 0 bridgehead atoms. The third-order valence-electron chi connectivity index (χ3n) is 4.54. The lowest BCUT2D eigenvalue weighted by molar-refractivity contribution is 0.571. The summed E-state index contributed by atoms with van der Waals surface area (Å²) >= 11 is 0. The van der Waals surface area contributed by atoms with Gasteiger partial charge in [-0.05, 0) is 54.6 Å². The van der Waals surface area contributed by atoms with Gasteiger partial charge in [0.1, 0.15) is 17.8 Å². The molecule has 0 amide bonds. The van der Waals surface area contributed by atoms with Gasteiger partial charge >= 0.3 is 0 Å². The molecule has 0 spiro atoms. The lowest BCUT2D eigenvalue weighted by atomic mass is 10.2. The smallest absolute Gasteiger partial charge is 0.264 e. The molecule has 0 radical (unpaired) electrons. The van der Waals surface area contributed by atoms with Crippen LogP contribution in [0.25, 0.3) is 11.5 Å². The molecule has 0 aliphatic carbocycles. The van der Waals surface area contributed by atoms with Crippen molar-refractivity contribution in [3.8, 4) is 17.5 Å². The van der Waals surface area contributed by atoms with E-state index in [9.17, 15) is 18.1 Å². The predicted molar refractivity (Wildman–Crippen MR) is 113 cm³/mol. The quantitative estimate of drug-likeness (QED) is 0.438. The van der Waals surface area contributed by atoms with Gasteiger partial charge in [-0.2, -0.15) is 5.26 Å². The number of halogens is 1. The Labute approximate surface area is 178 Å². The van der Waals surface area contributed by atoms with Crippen molar-refractivity contribution in [3.05, 3.63) is 102 Å². The molecule has 1 heterocycles. The summed E-state index contributed by atoms with van der Waals surface area (Å²) in [6.07, 6.45) is 1.36. The average Bonchev–Trinajstić information content (AvgIpc) is 3.27. The molecule has 4 aromatic rings. The molecule has 3 aromatic carbocycles. The van der Waals surface area contributed by atoms with Crippen molar-refractivity contribution >= 4 is 15.7 Å². The molecule has 0 atom stereocenters. The van der Waals surface area contributed by atoms with Gasteiger partial charge in [-0.1, -0.05) is 24.3 Å². The lowest BCUT2D eigenvalue weighted by Gasteiger charge is -2.23. The first-order chi connectivity index (χ1) is 15.0. The van der Waals surface area contributed by atoms with Crippen LogP contribution in [0.5, 0.6) is 0 Å². The fraction of sp³-hybridized carbons (Fsp3) is 0.0435. The third-order valence-corrected chi connectivity index (χ3v) is 6.33. The molecule has 0 aliphatic rings. The zero-order valence-electron chi connectivity index (χ0n) is 16.1. The number of hydrogen-bond donors (Lipinski definition) is 0. The first-order valence-electron chi connectivity index (χ1n) is 9.26. The number of aromatic nitrogens is 1. The summed E-state index contributed by atoms with van der Waals surface area (Å²) in [7, 11) is -3.95. The number of rotatable bonds is 6. The minimum absolute atomic E-state index is 0.111. The Balaban J connectivity index is 1.73. The van der Waals surface area contributed by atoms with Crippen LogP contribution in [0.2, 0.25) is 0 Å². The van der Waals surface area contributed by atoms with Gasteiger partial charge < -0.3 is 4.42 Å². The summed E-state index contributed by atoms with van der Waals surface area (Å²) in [5, 5.41) is 9.23. The Morgan fingerprint density at radius 2 is 1.74 bits per heavy atom. The van der Waals surface area contributed by atoms with Crippen molar-refractivity contribution in [1.82, 2.24) is 4.98 Å². The van der Waals surface area contributed by atoms with Crippen LogP contribution in [-0.2, 0) is 16.6 Å². The molecule has 1 aromatic heterocycles. The molecule has 0 saturated heterocycles. The van der Waals surface area contributed by atoms with Crippen LogP contribution in [0.3, 0.4) is 0 Å². The number of anilines is 1. The molecule has 6 nitrogen and oxygen atoms in total. The van der Waals surface area contributed by atoms with Crippen molar-refractivity contribution in [2.75, 3.05) is 4.31 Å². The number of hydrogen-bond acceptors (Lipinski definition) is 5. The van der Waals surface area contributed by atoms with Crippen molar-refractivity contribution in [2.24, 2.45) is 0 Å². The minimum atomic E-state index is -3.95. The van der Waals surface area contributed by atoms with E-state index in [0.29, 0.717) is 22.5 Å². The summed E-state index contributed by atoms with van der Waals surface area (Å²) in [5.41, 5.74) is 1.59. The molecule has 0 fully saturated rings. The third kappa shape index (κ3) is 4.32. The highest BCUT2D eigenvalue weighted by molar-refractivity contribution is 7.92. The SMILES string of the molecule is N#Cc1cccc(N(Cc2coc(-c3ccc(F)cc3)n2)S(=O)(=O)c2ccccc2)c1.